The van der Waals surface area contributed by atoms with Crippen molar-refractivity contribution in [3.8, 4) is 0 Å². The highest BCUT2D eigenvalue weighted by Crippen LogP contribution is 1.96. The summed E-state index contributed by atoms with van der Waals surface area (Å²) in [6, 6.07) is -0.0888. The van der Waals surface area contributed by atoms with Gasteiger partial charge in [-0.15, -0.1) is 0 Å². The van der Waals surface area contributed by atoms with E-state index in [1.54, 1.807) is 18.5 Å². The largest absolute Gasteiger partial charge is 0.338 e. The minimum absolute atomic E-state index is 0.0888. The van der Waals surface area contributed by atoms with Gasteiger partial charge in [0.1, 0.15) is 6.67 Å². The molecule has 0 saturated heterocycles. The Morgan fingerprint density at radius 3 is 3.15 bits per heavy atom. The van der Waals surface area contributed by atoms with Crippen LogP contribution < -0.4 is 5.32 Å². The van der Waals surface area contributed by atoms with Crippen molar-refractivity contribution in [1.82, 2.24) is 10.2 Å². The number of nitrogens with one attached hydrogen (secondary N) is 1. The monoisotopic (exact) mass is 245 g/mol. The molecule has 72 valence electrons. The molecule has 2 amide bonds. The van der Waals surface area contributed by atoms with Gasteiger partial charge in [-0.25, -0.2) is 4.79 Å². The lowest BCUT2D eigenvalue weighted by Crippen LogP contribution is -2.37. The fraction of sp³-hybridized carbons (Fsp3) is 0.500. The summed E-state index contributed by atoms with van der Waals surface area (Å²) >= 11 is 3.29. The smallest absolute Gasteiger partial charge is 0.322 e. The molecule has 0 aromatic heterocycles. The maximum Gasteiger partial charge on any atom is 0.322 e. The molecule has 0 aromatic carbocycles. The highest BCUT2D eigenvalue weighted by Gasteiger charge is 2.09. The highest BCUT2D eigenvalue weighted by atomic mass is 79.9. The SMILES string of the molecule is O=C(NCCCBr)N1C=CC=NC1. The topological polar surface area (TPSA) is 44.7 Å². The van der Waals surface area contributed by atoms with Crippen molar-refractivity contribution in [2.45, 2.75) is 6.42 Å². The number of nitrogens with zero attached hydrogens (tertiary/aromatic N) is 2. The maximum absolute atomic E-state index is 11.3. The van der Waals surface area contributed by atoms with E-state index in [-0.39, 0.29) is 6.03 Å². The van der Waals surface area contributed by atoms with E-state index < -0.39 is 0 Å². The maximum atomic E-state index is 11.3. The Kier molecular flexibility index (Phi) is 4.53. The van der Waals surface area contributed by atoms with Gasteiger partial charge in [0.05, 0.1) is 0 Å². The summed E-state index contributed by atoms with van der Waals surface area (Å²) in [6.07, 6.45) is 6.08. The van der Waals surface area contributed by atoms with Gasteiger partial charge in [-0.3, -0.25) is 9.89 Å². The third-order valence-corrected chi connectivity index (χ3v) is 2.10. The Labute approximate surface area is 85.8 Å². The van der Waals surface area contributed by atoms with E-state index in [0.717, 1.165) is 11.8 Å². The predicted octanol–water partition coefficient (Wildman–Crippen LogP) is 1.34. The molecular formula is C8H12BrN3O. The van der Waals surface area contributed by atoms with E-state index in [2.05, 4.69) is 26.2 Å². The molecule has 1 N–H and O–H groups in total. The normalized spacial score (nSPS) is 14.7. The lowest BCUT2D eigenvalue weighted by molar-refractivity contribution is 0.216. The quantitative estimate of drug-likeness (QED) is 0.592. The first-order valence-corrected chi connectivity index (χ1v) is 5.24. The number of allylic oxidation sites excluding steroid dienone is 1. The number of carbonyl (C=O) groups excluding carboxylic acids is 1. The fourth-order valence-electron chi connectivity index (χ4n) is 0.881. The van der Waals surface area contributed by atoms with E-state index in [0.29, 0.717) is 13.2 Å². The number of hydrogen-bond acceptors (Lipinski definition) is 2. The zero-order valence-electron chi connectivity index (χ0n) is 7.24. The average Bonchev–Trinajstić information content (AvgIpc) is 2.19. The van der Waals surface area contributed by atoms with Crippen molar-refractivity contribution in [1.29, 1.82) is 0 Å². The van der Waals surface area contributed by atoms with Crippen molar-refractivity contribution in [2.75, 3.05) is 18.5 Å². The van der Waals surface area contributed by atoms with Crippen molar-refractivity contribution in [3.63, 3.8) is 0 Å². The van der Waals surface area contributed by atoms with Gasteiger partial charge in [0.25, 0.3) is 0 Å². The highest BCUT2D eigenvalue weighted by molar-refractivity contribution is 9.09. The number of hydrogen-bond donors (Lipinski definition) is 1. The van der Waals surface area contributed by atoms with Gasteiger partial charge in [-0.2, -0.15) is 0 Å². The molecule has 1 aliphatic rings. The average molecular weight is 246 g/mol. The van der Waals surface area contributed by atoms with Gasteiger partial charge < -0.3 is 5.32 Å². The molecule has 4 nitrogen and oxygen atoms in total. The van der Waals surface area contributed by atoms with Crippen LogP contribution in [-0.2, 0) is 0 Å². The van der Waals surface area contributed by atoms with Gasteiger partial charge in [0.15, 0.2) is 0 Å². The lowest BCUT2D eigenvalue weighted by atomic mass is 10.5. The molecule has 0 spiro atoms. The summed E-state index contributed by atoms with van der Waals surface area (Å²) in [5.74, 6) is 0. The molecule has 0 fully saturated rings. The Hall–Kier alpha value is -0.840. The van der Waals surface area contributed by atoms with E-state index in [9.17, 15) is 4.79 Å². The first-order chi connectivity index (χ1) is 6.34. The number of alkyl halides is 1. The Morgan fingerprint density at radius 2 is 2.54 bits per heavy atom. The molecule has 1 heterocycles. The van der Waals surface area contributed by atoms with Crippen molar-refractivity contribution < 1.29 is 4.79 Å². The molecule has 5 heteroatoms. The second-order valence-corrected chi connectivity index (χ2v) is 3.35. The minimum Gasteiger partial charge on any atom is -0.338 e. The Morgan fingerprint density at radius 1 is 1.69 bits per heavy atom. The number of rotatable bonds is 3. The van der Waals surface area contributed by atoms with E-state index in [1.165, 1.54) is 4.90 Å². The lowest BCUT2D eigenvalue weighted by Gasteiger charge is -2.18. The molecular weight excluding hydrogens is 234 g/mol. The molecule has 0 radical (unpaired) electrons. The van der Waals surface area contributed by atoms with Crippen molar-refractivity contribution in [3.05, 3.63) is 12.3 Å². The second-order valence-electron chi connectivity index (χ2n) is 2.56. The van der Waals surface area contributed by atoms with Gasteiger partial charge >= 0.3 is 6.03 Å². The van der Waals surface area contributed by atoms with E-state index in [4.69, 9.17) is 0 Å². The van der Waals surface area contributed by atoms with Crippen LogP contribution in [0.25, 0.3) is 0 Å². The molecule has 0 aromatic rings. The van der Waals surface area contributed by atoms with Gasteiger partial charge in [-0.1, -0.05) is 15.9 Å². The second kappa shape index (κ2) is 5.75. The summed E-state index contributed by atoms with van der Waals surface area (Å²) in [4.78, 5) is 16.8. The van der Waals surface area contributed by atoms with Gasteiger partial charge in [0, 0.05) is 24.3 Å². The molecule has 0 saturated carbocycles. The Balaban J connectivity index is 2.23. The summed E-state index contributed by atoms with van der Waals surface area (Å²) in [5.41, 5.74) is 0. The summed E-state index contributed by atoms with van der Waals surface area (Å²) in [7, 11) is 0. The van der Waals surface area contributed by atoms with E-state index in [1.807, 2.05) is 0 Å². The number of aliphatic imine (C=N–C) groups is 1. The molecule has 0 unspecified atom stereocenters. The zero-order valence-corrected chi connectivity index (χ0v) is 8.83. The van der Waals surface area contributed by atoms with Crippen LogP contribution in [0.1, 0.15) is 6.42 Å². The van der Waals surface area contributed by atoms with Crippen LogP contribution in [0.5, 0.6) is 0 Å². The first kappa shape index (κ1) is 10.2. The fourth-order valence-corrected chi connectivity index (χ4v) is 1.16. The Bertz CT molecular complexity index is 227. The van der Waals surface area contributed by atoms with Crippen LogP contribution in [0, 0.1) is 0 Å². The van der Waals surface area contributed by atoms with Gasteiger partial charge in [-0.05, 0) is 12.5 Å². The van der Waals surface area contributed by atoms with Crippen LogP contribution in [0.15, 0.2) is 17.3 Å². The van der Waals surface area contributed by atoms with Crippen LogP contribution in [0.3, 0.4) is 0 Å². The van der Waals surface area contributed by atoms with Crippen molar-refractivity contribution >= 4 is 28.2 Å². The van der Waals surface area contributed by atoms with Crippen molar-refractivity contribution in [2.24, 2.45) is 4.99 Å². The first-order valence-electron chi connectivity index (χ1n) is 4.11. The van der Waals surface area contributed by atoms with Crippen LogP contribution in [0.4, 0.5) is 4.79 Å². The third kappa shape index (κ3) is 3.59. The van der Waals surface area contributed by atoms with Crippen LogP contribution >= 0.6 is 15.9 Å². The predicted molar refractivity (Wildman–Crippen MR) is 56.1 cm³/mol. The van der Waals surface area contributed by atoms with Crippen LogP contribution in [-0.4, -0.2) is 35.7 Å². The molecule has 0 atom stereocenters. The number of urea groups is 1. The standard InChI is InChI=1S/C8H12BrN3O/c9-3-1-5-11-8(13)12-6-2-4-10-7-12/h2,4,6H,1,3,5,7H2,(H,11,13). The molecule has 1 rings (SSSR count). The molecule has 0 aliphatic carbocycles. The van der Waals surface area contributed by atoms with Gasteiger partial charge in [0.2, 0.25) is 0 Å². The van der Waals surface area contributed by atoms with Crippen LogP contribution in [0.2, 0.25) is 0 Å². The zero-order chi connectivity index (χ0) is 9.52. The summed E-state index contributed by atoms with van der Waals surface area (Å²) in [5, 5.41) is 3.69. The summed E-state index contributed by atoms with van der Waals surface area (Å²) < 4.78 is 0. The minimum atomic E-state index is -0.0888. The molecule has 0 bridgehead atoms. The number of halogens is 1. The third-order valence-electron chi connectivity index (χ3n) is 1.54. The number of carbonyl (C=O) groups is 1. The van der Waals surface area contributed by atoms with E-state index >= 15 is 0 Å². The molecule has 1 aliphatic heterocycles. The molecule has 13 heavy (non-hydrogen) atoms. The number of amides is 2. The summed E-state index contributed by atoms with van der Waals surface area (Å²) in [6.45, 7) is 1.11.